The summed E-state index contributed by atoms with van der Waals surface area (Å²) in [5.74, 6) is 0.946. The van der Waals surface area contributed by atoms with Gasteiger partial charge in [0, 0.05) is 6.54 Å². The number of nitrogens with one attached hydrogen (secondary N) is 1. The first-order valence-corrected chi connectivity index (χ1v) is 6.41. The molecule has 0 bridgehead atoms. The maximum absolute atomic E-state index is 5.73. The van der Waals surface area contributed by atoms with Crippen LogP contribution in [0.4, 0.5) is 0 Å². The topological polar surface area (TPSA) is 30.5 Å². The van der Waals surface area contributed by atoms with Crippen molar-refractivity contribution in [2.75, 3.05) is 13.2 Å². The van der Waals surface area contributed by atoms with E-state index in [4.69, 9.17) is 9.47 Å². The molecule has 0 aliphatic carbocycles. The van der Waals surface area contributed by atoms with Crippen LogP contribution in [0.3, 0.4) is 0 Å². The Labute approximate surface area is 103 Å². The Morgan fingerprint density at radius 3 is 2.71 bits per heavy atom. The van der Waals surface area contributed by atoms with E-state index in [0.717, 1.165) is 31.7 Å². The van der Waals surface area contributed by atoms with Gasteiger partial charge in [0.15, 0.2) is 0 Å². The van der Waals surface area contributed by atoms with Crippen LogP contribution in [0.1, 0.15) is 38.4 Å². The van der Waals surface area contributed by atoms with Crippen molar-refractivity contribution in [3.05, 3.63) is 29.8 Å². The first-order valence-electron chi connectivity index (χ1n) is 6.41. The number of benzene rings is 1. The van der Waals surface area contributed by atoms with E-state index in [9.17, 15) is 0 Å². The molecule has 2 rings (SSSR count). The SMILES string of the molecule is CCCCOc1ccc(C2CNC(C)O2)cc1. The second-order valence-electron chi connectivity index (χ2n) is 4.45. The van der Waals surface area contributed by atoms with E-state index in [1.54, 1.807) is 0 Å². The van der Waals surface area contributed by atoms with Crippen LogP contribution < -0.4 is 10.1 Å². The number of ether oxygens (including phenoxy) is 2. The minimum absolute atomic E-state index is 0.153. The fraction of sp³-hybridized carbons (Fsp3) is 0.571. The highest BCUT2D eigenvalue weighted by atomic mass is 16.5. The van der Waals surface area contributed by atoms with Crippen LogP contribution in [-0.2, 0) is 4.74 Å². The van der Waals surface area contributed by atoms with Crippen LogP contribution in [0.25, 0.3) is 0 Å². The molecule has 0 amide bonds. The van der Waals surface area contributed by atoms with Crippen molar-refractivity contribution in [1.29, 1.82) is 0 Å². The molecule has 1 aliphatic rings. The van der Waals surface area contributed by atoms with Crippen molar-refractivity contribution < 1.29 is 9.47 Å². The molecule has 2 unspecified atom stereocenters. The van der Waals surface area contributed by atoms with Crippen molar-refractivity contribution in [3.63, 3.8) is 0 Å². The predicted octanol–water partition coefficient (Wildman–Crippen LogP) is 2.87. The Hall–Kier alpha value is -1.06. The maximum atomic E-state index is 5.73. The molecule has 1 saturated heterocycles. The molecule has 0 spiro atoms. The monoisotopic (exact) mass is 235 g/mol. The molecule has 0 radical (unpaired) electrons. The summed E-state index contributed by atoms with van der Waals surface area (Å²) in [5.41, 5.74) is 1.21. The Balaban J connectivity index is 1.89. The molecule has 1 fully saturated rings. The van der Waals surface area contributed by atoms with Crippen LogP contribution in [0.15, 0.2) is 24.3 Å². The highest BCUT2D eigenvalue weighted by molar-refractivity contribution is 5.29. The van der Waals surface area contributed by atoms with E-state index >= 15 is 0 Å². The van der Waals surface area contributed by atoms with E-state index < -0.39 is 0 Å². The molecule has 0 aromatic heterocycles. The predicted molar refractivity (Wildman–Crippen MR) is 68.1 cm³/mol. The van der Waals surface area contributed by atoms with Gasteiger partial charge in [0.2, 0.25) is 0 Å². The Morgan fingerprint density at radius 1 is 1.35 bits per heavy atom. The van der Waals surface area contributed by atoms with E-state index in [1.165, 1.54) is 5.56 Å². The van der Waals surface area contributed by atoms with Gasteiger partial charge in [0.25, 0.3) is 0 Å². The Morgan fingerprint density at radius 2 is 2.12 bits per heavy atom. The lowest BCUT2D eigenvalue weighted by Gasteiger charge is -2.11. The van der Waals surface area contributed by atoms with Crippen LogP contribution >= 0.6 is 0 Å². The van der Waals surface area contributed by atoms with Gasteiger partial charge in [-0.1, -0.05) is 25.5 Å². The highest BCUT2D eigenvalue weighted by Gasteiger charge is 2.22. The summed E-state index contributed by atoms with van der Waals surface area (Å²) in [5, 5.41) is 3.27. The van der Waals surface area contributed by atoms with Gasteiger partial charge >= 0.3 is 0 Å². The lowest BCUT2D eigenvalue weighted by atomic mass is 10.1. The molecular formula is C14H21NO2. The summed E-state index contributed by atoms with van der Waals surface area (Å²) in [7, 11) is 0. The number of hydrogen-bond donors (Lipinski definition) is 1. The maximum Gasteiger partial charge on any atom is 0.119 e. The molecule has 17 heavy (non-hydrogen) atoms. The molecular weight excluding hydrogens is 214 g/mol. The van der Waals surface area contributed by atoms with Crippen molar-refractivity contribution >= 4 is 0 Å². The fourth-order valence-corrected chi connectivity index (χ4v) is 1.93. The minimum Gasteiger partial charge on any atom is -0.494 e. The quantitative estimate of drug-likeness (QED) is 0.796. The molecule has 1 N–H and O–H groups in total. The number of rotatable bonds is 5. The second kappa shape index (κ2) is 6.03. The summed E-state index contributed by atoms with van der Waals surface area (Å²) in [6.07, 6.45) is 2.60. The van der Waals surface area contributed by atoms with Crippen LogP contribution in [0, 0.1) is 0 Å². The van der Waals surface area contributed by atoms with Gasteiger partial charge in [-0.05, 0) is 31.0 Å². The zero-order valence-electron chi connectivity index (χ0n) is 10.6. The summed E-state index contributed by atoms with van der Waals surface area (Å²) >= 11 is 0. The second-order valence-corrected chi connectivity index (χ2v) is 4.45. The third-order valence-electron chi connectivity index (χ3n) is 2.98. The van der Waals surface area contributed by atoms with Crippen LogP contribution in [0.5, 0.6) is 5.75 Å². The van der Waals surface area contributed by atoms with Gasteiger partial charge in [-0.3, -0.25) is 5.32 Å². The lowest BCUT2D eigenvalue weighted by Crippen LogP contribution is -2.17. The summed E-state index contributed by atoms with van der Waals surface area (Å²) in [6, 6.07) is 8.23. The van der Waals surface area contributed by atoms with Gasteiger partial charge in [-0.2, -0.15) is 0 Å². The van der Waals surface area contributed by atoms with Gasteiger partial charge in [-0.25, -0.2) is 0 Å². The van der Waals surface area contributed by atoms with Crippen LogP contribution in [0.2, 0.25) is 0 Å². The van der Waals surface area contributed by atoms with Gasteiger partial charge in [0.05, 0.1) is 12.7 Å². The van der Waals surface area contributed by atoms with Crippen molar-refractivity contribution in [3.8, 4) is 5.75 Å². The summed E-state index contributed by atoms with van der Waals surface area (Å²) in [6.45, 7) is 5.88. The van der Waals surface area contributed by atoms with Gasteiger partial charge in [0.1, 0.15) is 12.0 Å². The van der Waals surface area contributed by atoms with Crippen molar-refractivity contribution in [2.24, 2.45) is 0 Å². The van der Waals surface area contributed by atoms with E-state index in [0.29, 0.717) is 0 Å². The number of unbranched alkanes of at least 4 members (excludes halogenated alkanes) is 1. The number of hydrogen-bond acceptors (Lipinski definition) is 3. The molecule has 1 aliphatic heterocycles. The molecule has 0 saturated carbocycles. The van der Waals surface area contributed by atoms with Crippen LogP contribution in [-0.4, -0.2) is 19.4 Å². The summed E-state index contributed by atoms with van der Waals surface area (Å²) in [4.78, 5) is 0. The lowest BCUT2D eigenvalue weighted by molar-refractivity contribution is 0.0529. The summed E-state index contributed by atoms with van der Waals surface area (Å²) < 4.78 is 11.4. The third kappa shape index (κ3) is 3.45. The molecule has 94 valence electrons. The van der Waals surface area contributed by atoms with Crippen molar-refractivity contribution in [2.45, 2.75) is 39.0 Å². The smallest absolute Gasteiger partial charge is 0.119 e. The third-order valence-corrected chi connectivity index (χ3v) is 2.98. The first-order chi connectivity index (χ1) is 8.29. The largest absolute Gasteiger partial charge is 0.494 e. The Kier molecular flexibility index (Phi) is 4.40. The minimum atomic E-state index is 0.153. The molecule has 1 aromatic carbocycles. The standard InChI is InChI=1S/C14H21NO2/c1-3-4-9-16-13-7-5-12(6-8-13)14-10-15-11(2)17-14/h5-8,11,14-15H,3-4,9-10H2,1-2H3. The zero-order chi connectivity index (χ0) is 12.1. The average Bonchev–Trinajstić information content (AvgIpc) is 2.77. The zero-order valence-corrected chi connectivity index (χ0v) is 10.6. The van der Waals surface area contributed by atoms with E-state index in [1.807, 2.05) is 19.1 Å². The molecule has 2 atom stereocenters. The van der Waals surface area contributed by atoms with Gasteiger partial charge < -0.3 is 9.47 Å². The molecule has 1 heterocycles. The van der Waals surface area contributed by atoms with E-state index in [2.05, 4.69) is 24.4 Å². The van der Waals surface area contributed by atoms with E-state index in [-0.39, 0.29) is 12.3 Å². The van der Waals surface area contributed by atoms with Crippen molar-refractivity contribution in [1.82, 2.24) is 5.32 Å². The molecule has 3 nitrogen and oxygen atoms in total. The Bertz CT molecular complexity index is 337. The first kappa shape index (κ1) is 12.4. The molecule has 1 aromatic rings. The van der Waals surface area contributed by atoms with Gasteiger partial charge in [-0.15, -0.1) is 0 Å². The molecule has 3 heteroatoms. The normalized spacial score (nSPS) is 23.9. The average molecular weight is 235 g/mol. The highest BCUT2D eigenvalue weighted by Crippen LogP contribution is 2.24. The fourth-order valence-electron chi connectivity index (χ4n) is 1.93.